The molecule has 0 amide bonds. The zero-order valence-corrected chi connectivity index (χ0v) is 14.7. The molecule has 3 saturated carbocycles. The van der Waals surface area contributed by atoms with Gasteiger partial charge in [-0.15, -0.1) is 0 Å². The van der Waals surface area contributed by atoms with E-state index in [4.69, 9.17) is 0 Å². The second-order valence-electron chi connectivity index (χ2n) is 9.49. The lowest BCUT2D eigenvalue weighted by Crippen LogP contribution is -2.52. The molecule has 0 aromatic heterocycles. The molecular formula is C21H31NO. The molecule has 0 radical (unpaired) electrons. The minimum Gasteiger partial charge on any atom is -0.396 e. The third kappa shape index (κ3) is 2.15. The van der Waals surface area contributed by atoms with Crippen LogP contribution in [0.3, 0.4) is 0 Å². The molecule has 1 N–H and O–H groups in total. The molecule has 0 aliphatic heterocycles. The molecule has 0 unspecified atom stereocenters. The summed E-state index contributed by atoms with van der Waals surface area (Å²) in [7, 11) is 0. The largest absolute Gasteiger partial charge is 0.396 e. The van der Waals surface area contributed by atoms with E-state index in [0.29, 0.717) is 23.9 Å². The molecule has 4 rings (SSSR count). The lowest BCUT2D eigenvalue weighted by Gasteiger charge is -2.60. The molecule has 0 heterocycles. The number of nitrogens with zero attached hydrogens (tertiary/aromatic N) is 1. The third-order valence-corrected chi connectivity index (χ3v) is 8.67. The van der Waals surface area contributed by atoms with Gasteiger partial charge in [-0.2, -0.15) is 5.26 Å². The molecule has 23 heavy (non-hydrogen) atoms. The van der Waals surface area contributed by atoms with Crippen molar-refractivity contribution in [3.8, 4) is 6.07 Å². The highest BCUT2D eigenvalue weighted by molar-refractivity contribution is 5.35. The summed E-state index contributed by atoms with van der Waals surface area (Å²) in [6.45, 7) is 5.32. The van der Waals surface area contributed by atoms with Crippen molar-refractivity contribution >= 4 is 0 Å². The average Bonchev–Trinajstić information content (AvgIpc) is 2.88. The van der Waals surface area contributed by atoms with Crippen LogP contribution in [-0.4, -0.2) is 11.7 Å². The van der Waals surface area contributed by atoms with Crippen LogP contribution < -0.4 is 0 Å². The van der Waals surface area contributed by atoms with Crippen molar-refractivity contribution in [3.05, 3.63) is 11.6 Å². The fraction of sp³-hybridized carbons (Fsp3) is 0.857. The Labute approximate surface area is 141 Å². The number of hydrogen-bond donors (Lipinski definition) is 1. The van der Waals surface area contributed by atoms with Crippen molar-refractivity contribution in [1.29, 1.82) is 5.26 Å². The monoisotopic (exact) mass is 313 g/mol. The van der Waals surface area contributed by atoms with Gasteiger partial charge in [0.2, 0.25) is 0 Å². The second-order valence-corrected chi connectivity index (χ2v) is 9.49. The van der Waals surface area contributed by atoms with Gasteiger partial charge in [0.25, 0.3) is 0 Å². The molecule has 0 spiro atoms. The van der Waals surface area contributed by atoms with Crippen molar-refractivity contribution in [2.45, 2.75) is 65.2 Å². The van der Waals surface area contributed by atoms with Crippen LogP contribution in [0, 0.1) is 51.8 Å². The van der Waals surface area contributed by atoms with Crippen molar-refractivity contribution in [1.82, 2.24) is 0 Å². The maximum atomic E-state index is 9.57. The third-order valence-electron chi connectivity index (χ3n) is 8.67. The van der Waals surface area contributed by atoms with E-state index in [1.165, 1.54) is 44.9 Å². The van der Waals surface area contributed by atoms with Gasteiger partial charge in [-0.1, -0.05) is 19.9 Å². The first-order valence-electron chi connectivity index (χ1n) is 9.73. The Balaban J connectivity index is 1.59. The van der Waals surface area contributed by atoms with Gasteiger partial charge in [0, 0.05) is 17.6 Å². The number of fused-ring (bicyclic) bond motifs is 4. The summed E-state index contributed by atoms with van der Waals surface area (Å²) < 4.78 is 0. The average molecular weight is 313 g/mol. The number of hydrogen-bond acceptors (Lipinski definition) is 2. The molecule has 4 aliphatic carbocycles. The van der Waals surface area contributed by atoms with Crippen LogP contribution in [0.1, 0.15) is 65.2 Å². The fourth-order valence-corrected chi connectivity index (χ4v) is 7.10. The van der Waals surface area contributed by atoms with Crippen molar-refractivity contribution in [2.75, 3.05) is 6.61 Å². The van der Waals surface area contributed by atoms with Crippen LogP contribution in [0.5, 0.6) is 0 Å². The molecule has 2 nitrogen and oxygen atoms in total. The van der Waals surface area contributed by atoms with E-state index in [1.54, 1.807) is 0 Å². The number of rotatable bonds is 1. The highest BCUT2D eigenvalue weighted by Gasteiger charge is 2.57. The van der Waals surface area contributed by atoms with Crippen LogP contribution >= 0.6 is 0 Å². The zero-order chi connectivity index (χ0) is 16.2. The fourth-order valence-electron chi connectivity index (χ4n) is 7.10. The van der Waals surface area contributed by atoms with Gasteiger partial charge < -0.3 is 5.11 Å². The van der Waals surface area contributed by atoms with Crippen LogP contribution in [0.2, 0.25) is 0 Å². The number of aliphatic hydroxyl groups excluding tert-OH is 1. The van der Waals surface area contributed by atoms with Gasteiger partial charge in [0.05, 0.1) is 6.07 Å². The smallest absolute Gasteiger partial charge is 0.0949 e. The van der Waals surface area contributed by atoms with E-state index in [2.05, 4.69) is 26.0 Å². The Kier molecular flexibility index (Phi) is 3.65. The highest BCUT2D eigenvalue weighted by Crippen LogP contribution is 2.65. The van der Waals surface area contributed by atoms with Gasteiger partial charge in [0.15, 0.2) is 0 Å². The summed E-state index contributed by atoms with van der Waals surface area (Å²) in [5.41, 5.74) is 1.74. The van der Waals surface area contributed by atoms with E-state index in [0.717, 1.165) is 29.7 Å². The molecule has 7 atom stereocenters. The van der Waals surface area contributed by atoms with Crippen LogP contribution in [0.25, 0.3) is 0 Å². The number of aliphatic hydroxyl groups is 1. The summed E-state index contributed by atoms with van der Waals surface area (Å²) >= 11 is 0. The highest BCUT2D eigenvalue weighted by atomic mass is 16.3. The minimum absolute atomic E-state index is 0.168. The molecule has 0 aromatic carbocycles. The number of allylic oxidation sites excluding steroid dienone is 2. The van der Waals surface area contributed by atoms with Crippen molar-refractivity contribution < 1.29 is 5.11 Å². The van der Waals surface area contributed by atoms with Crippen molar-refractivity contribution in [3.63, 3.8) is 0 Å². The van der Waals surface area contributed by atoms with E-state index in [1.807, 2.05) is 0 Å². The Bertz CT molecular complexity index is 561. The standard InChI is InChI=1S/C21H31NO/c1-20-8-7-14(13-23)9-16(20)4-3-15-11-21(2)17(10-19(15)20)5-6-18(21)12-22/h6,14-17,19,23H,3-5,7-11,13H2,1-2H3/t14-,15+,16+,17-,19+,20+,21-/m0/s1. The first-order chi connectivity index (χ1) is 11.0. The zero-order valence-electron chi connectivity index (χ0n) is 14.7. The molecule has 0 saturated heterocycles. The summed E-state index contributed by atoms with van der Waals surface area (Å²) in [4.78, 5) is 0. The van der Waals surface area contributed by atoms with Gasteiger partial charge in [-0.3, -0.25) is 0 Å². The van der Waals surface area contributed by atoms with Crippen molar-refractivity contribution in [2.24, 2.45) is 40.4 Å². The lowest BCUT2D eigenvalue weighted by atomic mass is 9.45. The molecule has 2 heteroatoms. The first kappa shape index (κ1) is 15.7. The van der Waals surface area contributed by atoms with Gasteiger partial charge in [-0.05, 0) is 86.4 Å². The van der Waals surface area contributed by atoms with Gasteiger partial charge >= 0.3 is 0 Å². The molecular weight excluding hydrogens is 282 g/mol. The second kappa shape index (κ2) is 5.35. The molecule has 3 fully saturated rings. The molecule has 0 bridgehead atoms. The Morgan fingerprint density at radius 1 is 1.22 bits per heavy atom. The van der Waals surface area contributed by atoms with E-state index < -0.39 is 0 Å². The van der Waals surface area contributed by atoms with E-state index in [-0.39, 0.29) is 5.41 Å². The predicted molar refractivity (Wildman–Crippen MR) is 91.4 cm³/mol. The van der Waals surface area contributed by atoms with Crippen LogP contribution in [0.15, 0.2) is 11.6 Å². The Hall–Kier alpha value is -0.810. The summed E-state index contributed by atoms with van der Waals surface area (Å²) in [5.74, 6) is 3.74. The number of nitriles is 1. The SMILES string of the molecule is C[C@@]12CC[C@H](CO)C[C@H]1CC[C@@H]1C[C@]3(C)C(C#N)=CC[C@H]3C[C@H]12. The molecule has 4 aliphatic rings. The predicted octanol–water partition coefficient (Wildman–Crippen LogP) is 4.70. The van der Waals surface area contributed by atoms with Gasteiger partial charge in [0.1, 0.15) is 0 Å². The van der Waals surface area contributed by atoms with E-state index in [9.17, 15) is 10.4 Å². The van der Waals surface area contributed by atoms with Gasteiger partial charge in [-0.25, -0.2) is 0 Å². The van der Waals surface area contributed by atoms with Crippen LogP contribution in [0.4, 0.5) is 0 Å². The summed E-state index contributed by atoms with van der Waals surface area (Å²) in [5, 5.41) is 19.1. The topological polar surface area (TPSA) is 44.0 Å². The quantitative estimate of drug-likeness (QED) is 0.762. The Morgan fingerprint density at radius 2 is 2.04 bits per heavy atom. The van der Waals surface area contributed by atoms with E-state index >= 15 is 0 Å². The summed E-state index contributed by atoms with van der Waals surface area (Å²) in [6, 6.07) is 2.51. The normalized spacial score (nSPS) is 51.9. The summed E-state index contributed by atoms with van der Waals surface area (Å²) in [6.07, 6.45) is 12.4. The van der Waals surface area contributed by atoms with Crippen LogP contribution in [-0.2, 0) is 0 Å². The lowest BCUT2D eigenvalue weighted by molar-refractivity contribution is -0.101. The molecule has 0 aromatic rings. The Morgan fingerprint density at radius 3 is 2.78 bits per heavy atom. The minimum atomic E-state index is 0.168. The molecule has 126 valence electrons. The maximum Gasteiger partial charge on any atom is 0.0949 e. The maximum absolute atomic E-state index is 9.57. The first-order valence-corrected chi connectivity index (χ1v) is 9.73.